The van der Waals surface area contributed by atoms with Gasteiger partial charge in [-0.1, -0.05) is 0 Å². The molecule has 0 radical (unpaired) electrons. The SMILES string of the molecule is CC(C)OC(=O)/C=C/c1cocc1/C=C/C(=O)OC(C)C. The average molecular weight is 292 g/mol. The molecule has 0 aromatic carbocycles. The summed E-state index contributed by atoms with van der Waals surface area (Å²) in [5.74, 6) is -0.860. The van der Waals surface area contributed by atoms with Crippen LogP contribution in [0.1, 0.15) is 38.8 Å². The molecule has 1 aromatic rings. The van der Waals surface area contributed by atoms with Crippen molar-refractivity contribution in [2.24, 2.45) is 0 Å². The van der Waals surface area contributed by atoms with E-state index in [0.29, 0.717) is 11.1 Å². The molecule has 0 amide bonds. The van der Waals surface area contributed by atoms with Gasteiger partial charge in [0.1, 0.15) is 0 Å². The van der Waals surface area contributed by atoms with Gasteiger partial charge in [-0.05, 0) is 39.8 Å². The number of furan rings is 1. The predicted molar refractivity (Wildman–Crippen MR) is 79.2 cm³/mol. The van der Waals surface area contributed by atoms with Crippen LogP contribution in [0.15, 0.2) is 29.1 Å². The van der Waals surface area contributed by atoms with Crippen molar-refractivity contribution in [3.05, 3.63) is 35.8 Å². The van der Waals surface area contributed by atoms with Crippen molar-refractivity contribution in [1.82, 2.24) is 0 Å². The minimum atomic E-state index is -0.430. The molecule has 0 aliphatic heterocycles. The lowest BCUT2D eigenvalue weighted by atomic mass is 10.1. The highest BCUT2D eigenvalue weighted by atomic mass is 16.5. The molecule has 1 heterocycles. The van der Waals surface area contributed by atoms with Crippen molar-refractivity contribution in [3.8, 4) is 0 Å². The van der Waals surface area contributed by atoms with Crippen LogP contribution in [0.4, 0.5) is 0 Å². The molecule has 0 fully saturated rings. The van der Waals surface area contributed by atoms with Gasteiger partial charge in [-0.2, -0.15) is 0 Å². The summed E-state index contributed by atoms with van der Waals surface area (Å²) >= 11 is 0. The van der Waals surface area contributed by atoms with Crippen LogP contribution in [0, 0.1) is 0 Å². The van der Waals surface area contributed by atoms with Gasteiger partial charge in [0.25, 0.3) is 0 Å². The molecule has 0 bridgehead atoms. The molecule has 0 N–H and O–H groups in total. The molecule has 1 rings (SSSR count). The summed E-state index contributed by atoms with van der Waals surface area (Å²) in [4.78, 5) is 22.8. The Balaban J connectivity index is 2.69. The van der Waals surface area contributed by atoms with Gasteiger partial charge in [0.05, 0.1) is 24.7 Å². The lowest BCUT2D eigenvalue weighted by Crippen LogP contribution is -2.08. The van der Waals surface area contributed by atoms with E-state index in [1.165, 1.54) is 24.7 Å². The van der Waals surface area contributed by atoms with Gasteiger partial charge in [-0.3, -0.25) is 0 Å². The highest BCUT2D eigenvalue weighted by molar-refractivity contribution is 5.90. The first-order chi connectivity index (χ1) is 9.88. The van der Waals surface area contributed by atoms with Crippen molar-refractivity contribution >= 4 is 24.1 Å². The third-order valence-electron chi connectivity index (χ3n) is 2.23. The van der Waals surface area contributed by atoms with E-state index < -0.39 is 11.9 Å². The molecule has 0 saturated carbocycles. The predicted octanol–water partition coefficient (Wildman–Crippen LogP) is 3.21. The summed E-state index contributed by atoms with van der Waals surface area (Å²) < 4.78 is 15.0. The van der Waals surface area contributed by atoms with Gasteiger partial charge < -0.3 is 13.9 Å². The zero-order valence-corrected chi connectivity index (χ0v) is 12.7. The number of rotatable bonds is 6. The summed E-state index contributed by atoms with van der Waals surface area (Å²) in [7, 11) is 0. The van der Waals surface area contributed by atoms with E-state index in [1.807, 2.05) is 0 Å². The summed E-state index contributed by atoms with van der Waals surface area (Å²) in [6.07, 6.45) is 8.39. The fraction of sp³-hybridized carbons (Fsp3) is 0.375. The van der Waals surface area contributed by atoms with Crippen LogP contribution in [0.2, 0.25) is 0 Å². The van der Waals surface area contributed by atoms with Crippen LogP contribution in [-0.2, 0) is 19.1 Å². The normalized spacial score (nSPS) is 11.7. The van der Waals surface area contributed by atoms with Gasteiger partial charge in [-0.25, -0.2) is 9.59 Å². The molecule has 0 spiro atoms. The van der Waals surface area contributed by atoms with E-state index >= 15 is 0 Å². The topological polar surface area (TPSA) is 65.7 Å². The van der Waals surface area contributed by atoms with Crippen LogP contribution >= 0.6 is 0 Å². The molecular weight excluding hydrogens is 272 g/mol. The van der Waals surface area contributed by atoms with E-state index in [9.17, 15) is 9.59 Å². The van der Waals surface area contributed by atoms with Crippen molar-refractivity contribution < 1.29 is 23.5 Å². The Kier molecular flexibility index (Phi) is 6.46. The minimum absolute atomic E-state index is 0.170. The highest BCUT2D eigenvalue weighted by Gasteiger charge is 2.04. The van der Waals surface area contributed by atoms with E-state index in [4.69, 9.17) is 13.9 Å². The van der Waals surface area contributed by atoms with Crippen molar-refractivity contribution in [3.63, 3.8) is 0 Å². The molecule has 0 aliphatic carbocycles. The van der Waals surface area contributed by atoms with Gasteiger partial charge >= 0.3 is 11.9 Å². The lowest BCUT2D eigenvalue weighted by Gasteiger charge is -2.04. The summed E-state index contributed by atoms with van der Waals surface area (Å²) in [5.41, 5.74) is 1.34. The summed E-state index contributed by atoms with van der Waals surface area (Å²) in [6, 6.07) is 0. The van der Waals surface area contributed by atoms with E-state index in [0.717, 1.165) is 0 Å². The minimum Gasteiger partial charge on any atom is -0.471 e. The van der Waals surface area contributed by atoms with Gasteiger partial charge in [0.2, 0.25) is 0 Å². The Morgan fingerprint density at radius 3 is 1.62 bits per heavy atom. The average Bonchev–Trinajstić information content (AvgIpc) is 2.79. The number of hydrogen-bond donors (Lipinski definition) is 0. The van der Waals surface area contributed by atoms with Gasteiger partial charge in [0, 0.05) is 23.3 Å². The number of esters is 2. The third-order valence-corrected chi connectivity index (χ3v) is 2.23. The Morgan fingerprint density at radius 2 is 1.29 bits per heavy atom. The summed E-state index contributed by atoms with van der Waals surface area (Å²) in [6.45, 7) is 7.10. The van der Waals surface area contributed by atoms with Crippen LogP contribution in [-0.4, -0.2) is 24.1 Å². The fourth-order valence-electron chi connectivity index (χ4n) is 1.45. The van der Waals surface area contributed by atoms with Crippen molar-refractivity contribution in [2.75, 3.05) is 0 Å². The number of carbonyl (C=O) groups excluding carboxylic acids is 2. The Morgan fingerprint density at radius 1 is 0.905 bits per heavy atom. The monoisotopic (exact) mass is 292 g/mol. The van der Waals surface area contributed by atoms with Gasteiger partial charge in [-0.15, -0.1) is 0 Å². The Bertz CT molecular complexity index is 488. The molecule has 0 atom stereocenters. The van der Waals surface area contributed by atoms with Crippen LogP contribution in [0.3, 0.4) is 0 Å². The number of carbonyl (C=O) groups is 2. The zero-order chi connectivity index (χ0) is 15.8. The Hall–Kier alpha value is -2.30. The zero-order valence-electron chi connectivity index (χ0n) is 12.7. The maximum absolute atomic E-state index is 11.4. The third kappa shape index (κ3) is 6.61. The van der Waals surface area contributed by atoms with Crippen LogP contribution in [0.5, 0.6) is 0 Å². The van der Waals surface area contributed by atoms with E-state index in [2.05, 4.69) is 0 Å². The highest BCUT2D eigenvalue weighted by Crippen LogP contribution is 2.14. The molecule has 1 aromatic heterocycles. The smallest absolute Gasteiger partial charge is 0.331 e. The molecule has 114 valence electrons. The maximum atomic E-state index is 11.4. The molecule has 0 aliphatic rings. The maximum Gasteiger partial charge on any atom is 0.331 e. The van der Waals surface area contributed by atoms with Crippen molar-refractivity contribution in [2.45, 2.75) is 39.9 Å². The first kappa shape index (κ1) is 16.8. The first-order valence-corrected chi connectivity index (χ1v) is 6.72. The van der Waals surface area contributed by atoms with Gasteiger partial charge in [0.15, 0.2) is 0 Å². The molecule has 0 unspecified atom stereocenters. The van der Waals surface area contributed by atoms with E-state index in [1.54, 1.807) is 39.8 Å². The Labute approximate surface area is 124 Å². The largest absolute Gasteiger partial charge is 0.471 e. The molecule has 5 heteroatoms. The second-order valence-corrected chi connectivity index (χ2v) is 4.92. The number of ether oxygens (including phenoxy) is 2. The fourth-order valence-corrected chi connectivity index (χ4v) is 1.45. The second-order valence-electron chi connectivity index (χ2n) is 4.92. The van der Waals surface area contributed by atoms with Crippen LogP contribution in [0.25, 0.3) is 12.2 Å². The van der Waals surface area contributed by atoms with Crippen LogP contribution < -0.4 is 0 Å². The quantitative estimate of drug-likeness (QED) is 0.595. The molecular formula is C16H20O5. The second kappa shape index (κ2) is 8.09. The molecule has 0 saturated heterocycles. The first-order valence-electron chi connectivity index (χ1n) is 6.72. The van der Waals surface area contributed by atoms with E-state index in [-0.39, 0.29) is 12.2 Å². The van der Waals surface area contributed by atoms with Crippen molar-refractivity contribution in [1.29, 1.82) is 0 Å². The molecule has 21 heavy (non-hydrogen) atoms. The number of hydrogen-bond acceptors (Lipinski definition) is 5. The molecule has 5 nitrogen and oxygen atoms in total. The summed E-state index contributed by atoms with van der Waals surface area (Å²) in [5, 5.41) is 0. The standard InChI is InChI=1S/C16H20O5/c1-11(2)20-15(17)7-5-13-9-19-10-14(13)6-8-16(18)21-12(3)4/h5-12H,1-4H3/b7-5+,8-6+. The lowest BCUT2D eigenvalue weighted by molar-refractivity contribution is -0.142.